The predicted molar refractivity (Wildman–Crippen MR) is 121 cm³/mol. The summed E-state index contributed by atoms with van der Waals surface area (Å²) in [6.45, 7) is 0.231. The summed E-state index contributed by atoms with van der Waals surface area (Å²) in [4.78, 5) is 8.13. The van der Waals surface area contributed by atoms with Gasteiger partial charge in [-0.3, -0.25) is 15.7 Å². The first kappa shape index (κ1) is 24.1. The predicted octanol–water partition coefficient (Wildman–Crippen LogP) is 1.73. The minimum absolute atomic E-state index is 0.0414. The number of amidine groups is 1. The Labute approximate surface area is 195 Å². The lowest BCUT2D eigenvalue weighted by Crippen LogP contribution is -2.37. The number of aliphatic imine (C=N–C) groups is 2. The topological polar surface area (TPSA) is 180 Å². The zero-order valence-electron chi connectivity index (χ0n) is 16.7. The molecule has 12 nitrogen and oxygen atoms in total. The van der Waals surface area contributed by atoms with Crippen molar-refractivity contribution >= 4 is 49.3 Å². The van der Waals surface area contributed by atoms with Crippen LogP contribution in [0.1, 0.15) is 5.69 Å². The zero-order chi connectivity index (χ0) is 23.8. The fourth-order valence-corrected chi connectivity index (χ4v) is 3.79. The first-order valence-corrected chi connectivity index (χ1v) is 11.5. The number of rotatable bonds is 8. The molecule has 1 heterocycles. The number of halogens is 2. The molecule has 0 bridgehead atoms. The van der Waals surface area contributed by atoms with Crippen molar-refractivity contribution in [2.45, 2.75) is 4.90 Å². The van der Waals surface area contributed by atoms with Crippen molar-refractivity contribution in [1.29, 1.82) is 0 Å². The van der Waals surface area contributed by atoms with Gasteiger partial charge in [0.25, 0.3) is 10.0 Å². The van der Waals surface area contributed by atoms with Gasteiger partial charge in [0, 0.05) is 6.54 Å². The van der Waals surface area contributed by atoms with Crippen LogP contribution in [0.3, 0.4) is 0 Å². The second-order valence-electron chi connectivity index (χ2n) is 6.24. The summed E-state index contributed by atoms with van der Waals surface area (Å²) >= 11 is 3.05. The number of guanidine groups is 1. The summed E-state index contributed by atoms with van der Waals surface area (Å²) in [5.74, 6) is -0.755. The van der Waals surface area contributed by atoms with E-state index in [4.69, 9.17) is 5.73 Å². The minimum atomic E-state index is -3.84. The average Bonchev–Trinajstić information content (AvgIpc) is 3.26. The quantitative estimate of drug-likeness (QED) is 0.123. The van der Waals surface area contributed by atoms with E-state index in [2.05, 4.69) is 50.9 Å². The second kappa shape index (κ2) is 10.8. The van der Waals surface area contributed by atoms with Crippen LogP contribution in [0.2, 0.25) is 0 Å². The molecule has 0 aliphatic carbocycles. The Kier molecular flexibility index (Phi) is 7.92. The third kappa shape index (κ3) is 6.47. The molecule has 174 valence electrons. The van der Waals surface area contributed by atoms with Gasteiger partial charge in [0.05, 0.1) is 21.6 Å². The number of benzene rings is 2. The SMILES string of the molecule is NC(=NCCNc1nonc1C(=Nc1ccc(F)c(Br)c1)NO)NS(=O)(=O)c1ccccc1. The summed E-state index contributed by atoms with van der Waals surface area (Å²) in [5.41, 5.74) is 7.91. The van der Waals surface area contributed by atoms with Crippen LogP contribution in [-0.2, 0) is 10.0 Å². The molecule has 1 aromatic heterocycles. The molecule has 0 spiro atoms. The Bertz CT molecular complexity index is 1270. The van der Waals surface area contributed by atoms with Crippen molar-refractivity contribution < 1.29 is 22.6 Å². The van der Waals surface area contributed by atoms with Crippen molar-refractivity contribution in [3.05, 3.63) is 64.5 Å². The molecule has 0 aliphatic rings. The molecular formula is C18H18BrFN8O4S. The van der Waals surface area contributed by atoms with Gasteiger partial charge >= 0.3 is 0 Å². The van der Waals surface area contributed by atoms with Gasteiger partial charge in [-0.1, -0.05) is 18.2 Å². The average molecular weight is 541 g/mol. The maximum Gasteiger partial charge on any atom is 0.264 e. The summed E-state index contributed by atoms with van der Waals surface area (Å²) in [7, 11) is -3.84. The molecular weight excluding hydrogens is 523 g/mol. The standard InChI is InChI=1S/C18H18BrFN8O4S/c19-13-10-11(6-7-14(13)20)24-17(25-29)15-16(27-32-26-15)22-8-9-23-18(21)28-33(30,31)12-4-2-1-3-5-12/h1-7,10,29H,8-9H2,(H,22,27)(H,24,25)(H3,21,23,28). The van der Waals surface area contributed by atoms with Gasteiger partial charge in [0.15, 0.2) is 11.5 Å². The molecule has 0 saturated carbocycles. The van der Waals surface area contributed by atoms with Crippen LogP contribution in [0.15, 0.2) is 72.5 Å². The van der Waals surface area contributed by atoms with Crippen molar-refractivity contribution in [3.8, 4) is 0 Å². The summed E-state index contributed by atoms with van der Waals surface area (Å²) in [5, 5.41) is 19.7. The van der Waals surface area contributed by atoms with Gasteiger partial charge in [-0.05, 0) is 56.6 Å². The molecule has 0 fully saturated rings. The number of anilines is 1. The van der Waals surface area contributed by atoms with E-state index in [1.54, 1.807) is 18.2 Å². The van der Waals surface area contributed by atoms with Crippen molar-refractivity contribution in [2.24, 2.45) is 15.7 Å². The molecule has 3 rings (SSSR count). The fraction of sp³-hybridized carbons (Fsp3) is 0.111. The normalized spacial score (nSPS) is 12.5. The number of nitrogens with two attached hydrogens (primary N) is 1. The molecule has 33 heavy (non-hydrogen) atoms. The molecule has 0 amide bonds. The summed E-state index contributed by atoms with van der Waals surface area (Å²) in [6, 6.07) is 11.7. The van der Waals surface area contributed by atoms with Crippen molar-refractivity contribution in [3.63, 3.8) is 0 Å². The van der Waals surface area contributed by atoms with Gasteiger partial charge in [0.2, 0.25) is 11.8 Å². The summed E-state index contributed by atoms with van der Waals surface area (Å²) < 4.78 is 44.9. The van der Waals surface area contributed by atoms with E-state index in [0.29, 0.717) is 5.69 Å². The Balaban J connectivity index is 1.62. The summed E-state index contributed by atoms with van der Waals surface area (Å²) in [6.07, 6.45) is 0. The van der Waals surface area contributed by atoms with Gasteiger partial charge in [-0.2, -0.15) is 0 Å². The van der Waals surface area contributed by atoms with E-state index in [9.17, 15) is 18.0 Å². The monoisotopic (exact) mass is 540 g/mol. The van der Waals surface area contributed by atoms with Crippen LogP contribution in [0, 0.1) is 5.82 Å². The second-order valence-corrected chi connectivity index (χ2v) is 8.78. The van der Waals surface area contributed by atoms with Crippen molar-refractivity contribution in [2.75, 3.05) is 18.4 Å². The van der Waals surface area contributed by atoms with E-state index in [1.165, 1.54) is 30.3 Å². The maximum atomic E-state index is 13.4. The molecule has 0 unspecified atom stereocenters. The van der Waals surface area contributed by atoms with Gasteiger partial charge in [-0.25, -0.2) is 27.2 Å². The number of nitrogens with zero attached hydrogens (tertiary/aromatic N) is 4. The Hall–Kier alpha value is -3.56. The number of hydrogen-bond acceptors (Lipinski definition) is 9. The smallest absolute Gasteiger partial charge is 0.264 e. The molecule has 15 heteroatoms. The highest BCUT2D eigenvalue weighted by molar-refractivity contribution is 9.10. The first-order valence-electron chi connectivity index (χ1n) is 9.18. The van der Waals surface area contributed by atoms with E-state index >= 15 is 0 Å². The molecule has 0 saturated heterocycles. The number of sulfonamides is 1. The zero-order valence-corrected chi connectivity index (χ0v) is 19.1. The van der Waals surface area contributed by atoms with Gasteiger partial charge < -0.3 is 11.1 Å². The lowest BCUT2D eigenvalue weighted by atomic mass is 10.3. The number of hydroxylamine groups is 1. The molecule has 3 aromatic rings. The van der Waals surface area contributed by atoms with Crippen LogP contribution < -0.4 is 21.3 Å². The lowest BCUT2D eigenvalue weighted by Gasteiger charge is -2.07. The lowest BCUT2D eigenvalue weighted by molar-refractivity contribution is 0.234. The molecule has 0 aliphatic heterocycles. The Morgan fingerprint density at radius 2 is 1.97 bits per heavy atom. The number of hydrogen-bond donors (Lipinski definition) is 5. The Morgan fingerprint density at radius 1 is 1.21 bits per heavy atom. The van der Waals surface area contributed by atoms with Crippen LogP contribution in [0.4, 0.5) is 15.9 Å². The first-order chi connectivity index (χ1) is 15.8. The van der Waals surface area contributed by atoms with Gasteiger partial charge in [0.1, 0.15) is 5.82 Å². The van der Waals surface area contributed by atoms with E-state index in [0.717, 1.165) is 0 Å². The maximum absolute atomic E-state index is 13.4. The molecule has 2 aromatic carbocycles. The highest BCUT2D eigenvalue weighted by atomic mass is 79.9. The van der Waals surface area contributed by atoms with Crippen LogP contribution in [-0.4, -0.2) is 48.8 Å². The molecule has 0 atom stereocenters. The van der Waals surface area contributed by atoms with E-state index in [-0.39, 0.29) is 45.8 Å². The number of aromatic nitrogens is 2. The van der Waals surface area contributed by atoms with E-state index in [1.807, 2.05) is 5.48 Å². The third-order valence-corrected chi connectivity index (χ3v) is 5.92. The minimum Gasteiger partial charge on any atom is -0.369 e. The molecule has 0 radical (unpaired) electrons. The largest absolute Gasteiger partial charge is 0.369 e. The van der Waals surface area contributed by atoms with E-state index < -0.39 is 15.8 Å². The number of nitrogens with one attached hydrogen (secondary N) is 3. The fourth-order valence-electron chi connectivity index (χ4n) is 2.45. The van der Waals surface area contributed by atoms with Crippen molar-refractivity contribution in [1.82, 2.24) is 20.5 Å². The Morgan fingerprint density at radius 3 is 2.67 bits per heavy atom. The highest BCUT2D eigenvalue weighted by Crippen LogP contribution is 2.23. The third-order valence-electron chi connectivity index (χ3n) is 3.94. The highest BCUT2D eigenvalue weighted by Gasteiger charge is 2.17. The van der Waals surface area contributed by atoms with Crippen LogP contribution in [0.5, 0.6) is 0 Å². The van der Waals surface area contributed by atoms with Gasteiger partial charge in [-0.15, -0.1) is 0 Å². The van der Waals surface area contributed by atoms with Crippen LogP contribution >= 0.6 is 15.9 Å². The molecule has 6 N–H and O–H groups in total. The van der Waals surface area contributed by atoms with Crippen LogP contribution in [0.25, 0.3) is 0 Å².